The second-order valence-electron chi connectivity index (χ2n) is 3.60. The summed E-state index contributed by atoms with van der Waals surface area (Å²) in [5, 5.41) is 4.27. The Kier molecular flexibility index (Phi) is 3.05. The number of nitrogens with one attached hydrogen (secondary N) is 1. The maximum absolute atomic E-state index is 6.07. The van der Waals surface area contributed by atoms with Crippen LogP contribution in [-0.4, -0.2) is 11.5 Å². The molecule has 0 aliphatic rings. The molecule has 0 aliphatic carbocycles. The Hall–Kier alpha value is -2.03. The van der Waals surface area contributed by atoms with E-state index in [1.165, 1.54) is 0 Å². The zero-order valence-corrected chi connectivity index (χ0v) is 9.11. The number of nitrogens with zero attached hydrogens (tertiary/aromatic N) is 1. The average molecular weight is 213 g/mol. The summed E-state index contributed by atoms with van der Waals surface area (Å²) in [6, 6.07) is 7.82. The number of nitrogen functional groups attached to an aromatic ring is 1. The van der Waals surface area contributed by atoms with Crippen LogP contribution in [0.1, 0.15) is 6.42 Å². The van der Waals surface area contributed by atoms with E-state index in [0.29, 0.717) is 0 Å². The highest BCUT2D eigenvalue weighted by Crippen LogP contribution is 2.27. The van der Waals surface area contributed by atoms with Crippen molar-refractivity contribution >= 4 is 22.3 Å². The lowest BCUT2D eigenvalue weighted by Crippen LogP contribution is -2.03. The van der Waals surface area contributed by atoms with Gasteiger partial charge < -0.3 is 11.1 Å². The summed E-state index contributed by atoms with van der Waals surface area (Å²) >= 11 is 0. The molecule has 3 heteroatoms. The molecule has 16 heavy (non-hydrogen) atoms. The van der Waals surface area contributed by atoms with Gasteiger partial charge in [0.1, 0.15) is 0 Å². The molecule has 82 valence electrons. The quantitative estimate of drug-likeness (QED) is 0.466. The van der Waals surface area contributed by atoms with E-state index in [0.717, 1.165) is 35.2 Å². The lowest BCUT2D eigenvalue weighted by Gasteiger charge is -2.10. The van der Waals surface area contributed by atoms with Gasteiger partial charge in [-0.25, -0.2) is 0 Å². The molecule has 0 unspecified atom stereocenters. The van der Waals surface area contributed by atoms with Crippen LogP contribution in [-0.2, 0) is 0 Å². The summed E-state index contributed by atoms with van der Waals surface area (Å²) in [6.07, 6.45) is 4.57. The molecule has 0 aliphatic heterocycles. The van der Waals surface area contributed by atoms with Gasteiger partial charge in [0.05, 0.1) is 16.9 Å². The minimum Gasteiger partial charge on any atom is -0.397 e. The number of aromatic nitrogens is 1. The standard InChI is InChI=1S/C13H15N3/c1-2-3-8-16-12-7-6-11-10(13(12)14)5-4-9-15-11/h2,4-7,9,16H,1,3,8,14H2. The molecule has 0 spiro atoms. The lowest BCUT2D eigenvalue weighted by molar-refractivity contribution is 1.07. The second kappa shape index (κ2) is 4.66. The predicted octanol–water partition coefficient (Wildman–Crippen LogP) is 2.81. The smallest absolute Gasteiger partial charge is 0.0724 e. The van der Waals surface area contributed by atoms with Crippen molar-refractivity contribution in [2.45, 2.75) is 6.42 Å². The number of anilines is 2. The first kappa shape index (κ1) is 10.5. The van der Waals surface area contributed by atoms with Gasteiger partial charge in [0.25, 0.3) is 0 Å². The number of rotatable bonds is 4. The van der Waals surface area contributed by atoms with Crippen molar-refractivity contribution in [3.8, 4) is 0 Å². The Bertz CT molecular complexity index is 506. The molecule has 0 saturated carbocycles. The Morgan fingerprint density at radius 1 is 1.38 bits per heavy atom. The van der Waals surface area contributed by atoms with Gasteiger partial charge in [-0.15, -0.1) is 6.58 Å². The van der Waals surface area contributed by atoms with Crippen LogP contribution in [0.25, 0.3) is 10.9 Å². The molecule has 0 amide bonds. The molecule has 1 aromatic heterocycles. The van der Waals surface area contributed by atoms with Gasteiger partial charge in [-0.05, 0) is 30.7 Å². The molecule has 0 bridgehead atoms. The van der Waals surface area contributed by atoms with Crippen LogP contribution in [0.5, 0.6) is 0 Å². The first-order valence-corrected chi connectivity index (χ1v) is 5.31. The summed E-state index contributed by atoms with van der Waals surface area (Å²) in [5.41, 5.74) is 8.72. The van der Waals surface area contributed by atoms with E-state index < -0.39 is 0 Å². The minimum atomic E-state index is 0.759. The molecule has 0 saturated heterocycles. The van der Waals surface area contributed by atoms with Crippen molar-refractivity contribution in [3.63, 3.8) is 0 Å². The molecule has 0 fully saturated rings. The molecule has 0 radical (unpaired) electrons. The normalized spacial score (nSPS) is 10.2. The third-order valence-corrected chi connectivity index (χ3v) is 2.49. The average Bonchev–Trinajstić information content (AvgIpc) is 2.33. The largest absolute Gasteiger partial charge is 0.397 e. The lowest BCUT2D eigenvalue weighted by atomic mass is 10.1. The van der Waals surface area contributed by atoms with Crippen molar-refractivity contribution in [2.75, 3.05) is 17.6 Å². The number of fused-ring (bicyclic) bond motifs is 1. The van der Waals surface area contributed by atoms with Crippen LogP contribution in [0, 0.1) is 0 Å². The van der Waals surface area contributed by atoms with Crippen molar-refractivity contribution in [1.82, 2.24) is 4.98 Å². The molecular formula is C13H15N3. The summed E-state index contributed by atoms with van der Waals surface area (Å²) in [4.78, 5) is 4.26. The van der Waals surface area contributed by atoms with Crippen molar-refractivity contribution in [2.24, 2.45) is 0 Å². The Balaban J connectivity index is 2.33. The number of pyridine rings is 1. The van der Waals surface area contributed by atoms with E-state index in [9.17, 15) is 0 Å². The second-order valence-corrected chi connectivity index (χ2v) is 3.60. The van der Waals surface area contributed by atoms with E-state index in [1.807, 2.05) is 30.3 Å². The van der Waals surface area contributed by atoms with Crippen LogP contribution >= 0.6 is 0 Å². The van der Waals surface area contributed by atoms with Crippen LogP contribution in [0.3, 0.4) is 0 Å². The minimum absolute atomic E-state index is 0.759. The monoisotopic (exact) mass is 213 g/mol. The predicted molar refractivity (Wildman–Crippen MR) is 69.5 cm³/mol. The summed E-state index contributed by atoms with van der Waals surface area (Å²) in [7, 11) is 0. The summed E-state index contributed by atoms with van der Waals surface area (Å²) in [5.74, 6) is 0. The molecule has 2 aromatic rings. The van der Waals surface area contributed by atoms with Crippen LogP contribution in [0.2, 0.25) is 0 Å². The van der Waals surface area contributed by atoms with E-state index >= 15 is 0 Å². The molecule has 0 atom stereocenters. The van der Waals surface area contributed by atoms with Crippen LogP contribution in [0.4, 0.5) is 11.4 Å². The van der Waals surface area contributed by atoms with Crippen LogP contribution < -0.4 is 11.1 Å². The highest BCUT2D eigenvalue weighted by atomic mass is 14.9. The molecule has 1 aromatic carbocycles. The third kappa shape index (κ3) is 1.98. The highest BCUT2D eigenvalue weighted by Gasteiger charge is 2.03. The van der Waals surface area contributed by atoms with Gasteiger partial charge in [-0.3, -0.25) is 4.98 Å². The molecule has 2 rings (SSSR count). The van der Waals surface area contributed by atoms with Crippen molar-refractivity contribution < 1.29 is 0 Å². The van der Waals surface area contributed by atoms with E-state index in [4.69, 9.17) is 5.73 Å². The summed E-state index contributed by atoms with van der Waals surface area (Å²) < 4.78 is 0. The first-order chi connectivity index (χ1) is 7.83. The zero-order chi connectivity index (χ0) is 11.4. The number of hydrogen-bond donors (Lipinski definition) is 2. The fourth-order valence-corrected chi connectivity index (χ4v) is 1.64. The van der Waals surface area contributed by atoms with E-state index in [1.54, 1.807) is 6.20 Å². The van der Waals surface area contributed by atoms with Crippen LogP contribution in [0.15, 0.2) is 43.1 Å². The number of benzene rings is 1. The molecular weight excluding hydrogens is 198 g/mol. The number of hydrogen-bond acceptors (Lipinski definition) is 3. The van der Waals surface area contributed by atoms with Crippen molar-refractivity contribution in [1.29, 1.82) is 0 Å². The van der Waals surface area contributed by atoms with Gasteiger partial charge in [-0.1, -0.05) is 6.08 Å². The molecule has 3 nitrogen and oxygen atoms in total. The Morgan fingerprint density at radius 3 is 3.06 bits per heavy atom. The van der Waals surface area contributed by atoms with Gasteiger partial charge in [0.15, 0.2) is 0 Å². The first-order valence-electron chi connectivity index (χ1n) is 5.31. The number of nitrogens with two attached hydrogens (primary N) is 1. The van der Waals surface area contributed by atoms with E-state index in [2.05, 4.69) is 16.9 Å². The fraction of sp³-hybridized carbons (Fsp3) is 0.154. The Morgan fingerprint density at radius 2 is 2.25 bits per heavy atom. The highest BCUT2D eigenvalue weighted by molar-refractivity contribution is 5.96. The third-order valence-electron chi connectivity index (χ3n) is 2.49. The van der Waals surface area contributed by atoms with Gasteiger partial charge >= 0.3 is 0 Å². The maximum Gasteiger partial charge on any atom is 0.0724 e. The zero-order valence-electron chi connectivity index (χ0n) is 9.11. The van der Waals surface area contributed by atoms with Gasteiger partial charge in [-0.2, -0.15) is 0 Å². The topological polar surface area (TPSA) is 50.9 Å². The van der Waals surface area contributed by atoms with Gasteiger partial charge in [0.2, 0.25) is 0 Å². The van der Waals surface area contributed by atoms with Gasteiger partial charge in [0, 0.05) is 18.1 Å². The Labute approximate surface area is 95.0 Å². The molecule has 1 heterocycles. The fourth-order valence-electron chi connectivity index (χ4n) is 1.64. The van der Waals surface area contributed by atoms with Crippen molar-refractivity contribution in [3.05, 3.63) is 43.1 Å². The summed E-state index contributed by atoms with van der Waals surface area (Å²) in [6.45, 7) is 4.53. The maximum atomic E-state index is 6.07. The van der Waals surface area contributed by atoms with E-state index in [-0.39, 0.29) is 0 Å². The SMILES string of the molecule is C=CCCNc1ccc2ncccc2c1N. The molecule has 3 N–H and O–H groups in total.